The monoisotopic (exact) mass is 355 g/mol. The van der Waals surface area contributed by atoms with E-state index >= 15 is 0 Å². The largest absolute Gasteiger partial charge is 0.416 e. The fraction of sp³-hybridized carbons (Fsp3) is 0.944. The van der Waals surface area contributed by atoms with Crippen LogP contribution in [0.25, 0.3) is 0 Å². The average molecular weight is 356 g/mol. The molecule has 24 heavy (non-hydrogen) atoms. The molecule has 0 unspecified atom stereocenters. The van der Waals surface area contributed by atoms with Gasteiger partial charge in [-0.2, -0.15) is 0 Å². The van der Waals surface area contributed by atoms with E-state index in [1.54, 1.807) is 0 Å². The Labute approximate surface area is 149 Å². The minimum atomic E-state index is -1.63. The minimum absolute atomic E-state index is 0.279. The van der Waals surface area contributed by atoms with Gasteiger partial charge in [-0.15, -0.1) is 0 Å². The zero-order valence-electron chi connectivity index (χ0n) is 16.4. The van der Waals surface area contributed by atoms with Crippen LogP contribution in [0.1, 0.15) is 33.6 Å². The fourth-order valence-corrected chi connectivity index (χ4v) is 4.11. The molecule has 0 saturated carbocycles. The Balaban J connectivity index is 1.63. The Kier molecular flexibility index (Phi) is 6.88. The summed E-state index contributed by atoms with van der Waals surface area (Å²) in [4.78, 5) is 19.0. The molecule has 0 radical (unpaired) electrons. The first-order valence-corrected chi connectivity index (χ1v) is 12.5. The highest BCUT2D eigenvalue weighted by Crippen LogP contribution is 2.36. The van der Waals surface area contributed by atoms with Crippen LogP contribution in [0.4, 0.5) is 0 Å². The zero-order valence-corrected chi connectivity index (χ0v) is 17.4. The van der Waals surface area contributed by atoms with Gasteiger partial charge in [0.25, 0.3) is 0 Å². The molecule has 0 aromatic heterocycles. The lowest BCUT2D eigenvalue weighted by atomic mass is 10.2. The van der Waals surface area contributed by atoms with Crippen LogP contribution in [0.15, 0.2) is 0 Å². The first-order chi connectivity index (χ1) is 11.2. The maximum Gasteiger partial charge on any atom is 0.236 e. The Morgan fingerprint density at radius 3 is 2.04 bits per heavy atom. The van der Waals surface area contributed by atoms with Gasteiger partial charge < -0.3 is 9.33 Å². The van der Waals surface area contributed by atoms with Crippen LogP contribution >= 0.6 is 0 Å². The summed E-state index contributed by atoms with van der Waals surface area (Å²) in [6, 6.07) is 0. The fourth-order valence-electron chi connectivity index (χ4n) is 3.08. The Bertz CT molecular complexity index is 409. The third-order valence-electron chi connectivity index (χ3n) is 5.96. The van der Waals surface area contributed by atoms with Crippen molar-refractivity contribution in [2.45, 2.75) is 51.7 Å². The highest BCUT2D eigenvalue weighted by Gasteiger charge is 2.37. The summed E-state index contributed by atoms with van der Waals surface area (Å²) in [5, 5.41) is 0.279. The van der Waals surface area contributed by atoms with E-state index in [0.717, 1.165) is 52.4 Å². The van der Waals surface area contributed by atoms with Crippen molar-refractivity contribution in [3.05, 3.63) is 0 Å². The Morgan fingerprint density at radius 2 is 1.50 bits per heavy atom. The van der Waals surface area contributed by atoms with Gasteiger partial charge in [-0.25, -0.2) is 0 Å². The molecule has 2 rings (SSSR count). The summed E-state index contributed by atoms with van der Waals surface area (Å²) in [7, 11) is -1.63. The molecule has 5 nitrogen and oxygen atoms in total. The average Bonchev–Trinajstić information content (AvgIpc) is 3.02. The summed E-state index contributed by atoms with van der Waals surface area (Å²) in [5.74, 6) is 0.321. The molecule has 2 aliphatic heterocycles. The van der Waals surface area contributed by atoms with Gasteiger partial charge in [0.15, 0.2) is 8.32 Å². The molecule has 140 valence electrons. The summed E-state index contributed by atoms with van der Waals surface area (Å²) in [6.45, 7) is 20.0. The van der Waals surface area contributed by atoms with Gasteiger partial charge in [-0.05, 0) is 31.0 Å². The minimum Gasteiger partial charge on any atom is -0.416 e. The Hall–Kier alpha value is -0.433. The molecule has 0 aromatic carbocycles. The van der Waals surface area contributed by atoms with Crippen LogP contribution in [-0.2, 0) is 9.22 Å². The van der Waals surface area contributed by atoms with Gasteiger partial charge in [0.2, 0.25) is 5.91 Å². The third kappa shape index (κ3) is 5.54. The lowest BCUT2D eigenvalue weighted by Crippen LogP contribution is -2.51. The second-order valence-electron chi connectivity index (χ2n) is 8.81. The molecule has 0 aliphatic carbocycles. The van der Waals surface area contributed by atoms with Gasteiger partial charge in [-0.1, -0.05) is 20.8 Å². The summed E-state index contributed by atoms with van der Waals surface area (Å²) >= 11 is 0. The normalized spacial score (nSPS) is 21.5. The number of rotatable bonds is 6. The van der Waals surface area contributed by atoms with Crippen molar-refractivity contribution < 1.29 is 9.22 Å². The molecule has 2 fully saturated rings. The Morgan fingerprint density at radius 1 is 0.958 bits per heavy atom. The van der Waals surface area contributed by atoms with Crippen LogP contribution < -0.4 is 0 Å². The number of carbonyl (C=O) groups excluding carboxylic acids is 1. The maximum atomic E-state index is 12.2. The molecule has 0 aromatic rings. The van der Waals surface area contributed by atoms with Gasteiger partial charge >= 0.3 is 0 Å². The maximum absolute atomic E-state index is 12.2. The number of amides is 1. The third-order valence-corrected chi connectivity index (χ3v) is 10.5. The van der Waals surface area contributed by atoms with E-state index in [0.29, 0.717) is 12.5 Å². The van der Waals surface area contributed by atoms with Crippen LogP contribution in [0.5, 0.6) is 0 Å². The molecular weight excluding hydrogens is 318 g/mol. The summed E-state index contributed by atoms with van der Waals surface area (Å²) < 4.78 is 6.28. The molecule has 2 aliphatic rings. The van der Waals surface area contributed by atoms with Gasteiger partial charge in [-0.3, -0.25) is 14.6 Å². The molecule has 2 heterocycles. The highest BCUT2D eigenvalue weighted by molar-refractivity contribution is 6.74. The summed E-state index contributed by atoms with van der Waals surface area (Å²) in [5.41, 5.74) is 0. The molecule has 0 atom stereocenters. The summed E-state index contributed by atoms with van der Waals surface area (Å²) in [6.07, 6.45) is 2.35. The zero-order chi connectivity index (χ0) is 17.8. The topological polar surface area (TPSA) is 36.0 Å². The van der Waals surface area contributed by atoms with E-state index in [1.807, 2.05) is 4.90 Å². The van der Waals surface area contributed by atoms with Crippen molar-refractivity contribution in [2.75, 3.05) is 59.0 Å². The first-order valence-electron chi connectivity index (χ1n) is 9.55. The number of nitrogens with zero attached hydrogens (tertiary/aromatic N) is 3. The van der Waals surface area contributed by atoms with Crippen molar-refractivity contribution >= 4 is 14.2 Å². The van der Waals surface area contributed by atoms with Gasteiger partial charge in [0.1, 0.15) is 0 Å². The van der Waals surface area contributed by atoms with Crippen molar-refractivity contribution in [1.82, 2.24) is 14.7 Å². The van der Waals surface area contributed by atoms with Crippen LogP contribution in [-0.4, -0.2) is 87.9 Å². The molecular formula is C18H37N3O2Si. The molecule has 1 amide bonds. The molecule has 6 heteroatoms. The van der Waals surface area contributed by atoms with E-state index < -0.39 is 8.32 Å². The van der Waals surface area contributed by atoms with Crippen LogP contribution in [0.2, 0.25) is 18.1 Å². The molecule has 0 bridgehead atoms. The second-order valence-corrected chi connectivity index (χ2v) is 13.6. The van der Waals surface area contributed by atoms with E-state index in [9.17, 15) is 4.79 Å². The van der Waals surface area contributed by atoms with E-state index in [1.165, 1.54) is 12.8 Å². The lowest BCUT2D eigenvalue weighted by molar-refractivity contribution is -0.131. The molecule has 2 saturated heterocycles. The predicted octanol–water partition coefficient (Wildman–Crippen LogP) is 2.25. The van der Waals surface area contributed by atoms with Crippen molar-refractivity contribution in [1.29, 1.82) is 0 Å². The highest BCUT2D eigenvalue weighted by atomic mass is 28.4. The second kappa shape index (κ2) is 8.30. The van der Waals surface area contributed by atoms with Crippen molar-refractivity contribution in [2.24, 2.45) is 0 Å². The van der Waals surface area contributed by atoms with E-state index in [4.69, 9.17) is 4.43 Å². The quantitative estimate of drug-likeness (QED) is 0.685. The SMILES string of the molecule is CC(C)(C)[Si](C)(C)OCCN1CCN(CC(=O)N2CCCC2)CC1. The van der Waals surface area contributed by atoms with Gasteiger partial charge in [0, 0.05) is 52.4 Å². The predicted molar refractivity (Wildman–Crippen MR) is 102 cm³/mol. The van der Waals surface area contributed by atoms with Crippen molar-refractivity contribution in [3.63, 3.8) is 0 Å². The van der Waals surface area contributed by atoms with Crippen LogP contribution in [0.3, 0.4) is 0 Å². The van der Waals surface area contributed by atoms with E-state index in [-0.39, 0.29) is 5.04 Å². The van der Waals surface area contributed by atoms with Gasteiger partial charge in [0.05, 0.1) is 6.54 Å². The first kappa shape index (κ1) is 19.9. The van der Waals surface area contributed by atoms with Crippen LogP contribution in [0, 0.1) is 0 Å². The number of piperazine rings is 1. The number of likely N-dealkylation sites (tertiary alicyclic amines) is 1. The number of hydrogen-bond donors (Lipinski definition) is 0. The standard InChI is InChI=1S/C18H37N3O2Si/c1-18(2,3)24(4,5)23-15-14-19-10-12-20(13-11-19)16-17(22)21-8-6-7-9-21/h6-16H2,1-5H3. The number of carbonyl (C=O) groups is 1. The molecule has 0 spiro atoms. The molecule has 0 N–H and O–H groups in total. The number of hydrogen-bond acceptors (Lipinski definition) is 4. The van der Waals surface area contributed by atoms with E-state index in [2.05, 4.69) is 43.7 Å². The van der Waals surface area contributed by atoms with Crippen molar-refractivity contribution in [3.8, 4) is 0 Å². The smallest absolute Gasteiger partial charge is 0.236 e. The lowest BCUT2D eigenvalue weighted by Gasteiger charge is -2.38.